The molecule has 1 aromatic heterocycles. The van der Waals surface area contributed by atoms with Crippen LogP contribution < -0.4 is 5.32 Å². The number of urea groups is 1. The maximum absolute atomic E-state index is 12.7. The largest absolute Gasteiger partial charge is 0.434 e. The lowest BCUT2D eigenvalue weighted by atomic mass is 9.65. The fourth-order valence-corrected chi connectivity index (χ4v) is 5.51. The van der Waals surface area contributed by atoms with Gasteiger partial charge in [-0.3, -0.25) is 9.78 Å². The number of amides is 3. The van der Waals surface area contributed by atoms with Gasteiger partial charge < -0.3 is 19.9 Å². The number of alkyl halides is 3. The topological polar surface area (TPSA) is 87.7 Å². The molecule has 3 amide bonds. The Morgan fingerprint density at radius 2 is 1.81 bits per heavy atom. The van der Waals surface area contributed by atoms with E-state index in [-0.39, 0.29) is 24.0 Å². The summed E-state index contributed by atoms with van der Waals surface area (Å²) in [7, 11) is 0. The molecule has 2 spiro atoms. The monoisotopic (exact) mass is 453 g/mol. The first-order valence-corrected chi connectivity index (χ1v) is 11.0. The first kappa shape index (κ1) is 21.4. The second kappa shape index (κ2) is 7.57. The Morgan fingerprint density at radius 1 is 1.12 bits per heavy atom. The van der Waals surface area contributed by atoms with Crippen LogP contribution in [0.1, 0.15) is 37.1 Å². The SMILES string of the molecule is O=C1COCC2(CN(C(=O)N3CC4(CCC(Cc5cnc(C(F)(F)F)cn5)CC4)C3)C2)N1. The summed E-state index contributed by atoms with van der Waals surface area (Å²) in [6.07, 6.45) is 2.16. The summed E-state index contributed by atoms with van der Waals surface area (Å²) in [4.78, 5) is 35.4. The third-order valence-corrected chi connectivity index (χ3v) is 7.26. The van der Waals surface area contributed by atoms with Crippen LogP contribution >= 0.6 is 0 Å². The Labute approximate surface area is 183 Å². The summed E-state index contributed by atoms with van der Waals surface area (Å²) in [5.41, 5.74) is -0.639. The van der Waals surface area contributed by atoms with Crippen LogP contribution in [-0.2, 0) is 22.1 Å². The van der Waals surface area contributed by atoms with Crippen LogP contribution in [0.4, 0.5) is 18.0 Å². The van der Waals surface area contributed by atoms with Crippen molar-refractivity contribution in [2.45, 2.75) is 43.8 Å². The highest BCUT2D eigenvalue weighted by Crippen LogP contribution is 2.46. The van der Waals surface area contributed by atoms with Gasteiger partial charge in [0.1, 0.15) is 6.61 Å². The number of morpholine rings is 1. The Kier molecular flexibility index (Phi) is 5.06. The second-order valence-electron chi connectivity index (χ2n) is 9.85. The number of halogens is 3. The Bertz CT molecular complexity index is 885. The molecule has 3 aliphatic heterocycles. The van der Waals surface area contributed by atoms with Gasteiger partial charge in [0.2, 0.25) is 5.91 Å². The minimum Gasteiger partial charge on any atom is -0.369 e. The Hall–Kier alpha value is -2.43. The van der Waals surface area contributed by atoms with Gasteiger partial charge in [0.25, 0.3) is 0 Å². The molecule has 0 aromatic carbocycles. The highest BCUT2D eigenvalue weighted by Gasteiger charge is 2.53. The van der Waals surface area contributed by atoms with Crippen molar-refractivity contribution >= 4 is 11.9 Å². The molecule has 174 valence electrons. The number of carbonyl (C=O) groups excluding carboxylic acids is 2. The number of rotatable bonds is 2. The van der Waals surface area contributed by atoms with Gasteiger partial charge in [-0.1, -0.05) is 0 Å². The van der Waals surface area contributed by atoms with Crippen molar-refractivity contribution in [3.05, 3.63) is 23.8 Å². The van der Waals surface area contributed by atoms with Crippen molar-refractivity contribution in [2.75, 3.05) is 39.4 Å². The zero-order chi connectivity index (χ0) is 22.6. The maximum Gasteiger partial charge on any atom is 0.434 e. The Balaban J connectivity index is 1.06. The summed E-state index contributed by atoms with van der Waals surface area (Å²) in [6, 6.07) is 0.0169. The van der Waals surface area contributed by atoms with E-state index in [1.807, 2.05) is 4.90 Å². The molecular weight excluding hydrogens is 427 g/mol. The van der Waals surface area contributed by atoms with Crippen LogP contribution in [0.2, 0.25) is 0 Å². The Morgan fingerprint density at radius 3 is 2.41 bits per heavy atom. The predicted molar refractivity (Wildman–Crippen MR) is 105 cm³/mol. The number of hydrogen-bond acceptors (Lipinski definition) is 5. The minimum absolute atomic E-state index is 0.0169. The molecule has 0 radical (unpaired) electrons. The van der Waals surface area contributed by atoms with E-state index in [2.05, 4.69) is 15.3 Å². The van der Waals surface area contributed by atoms with E-state index in [4.69, 9.17) is 4.74 Å². The predicted octanol–water partition coefficient (Wildman–Crippen LogP) is 1.85. The fraction of sp³-hybridized carbons (Fsp3) is 0.714. The normalized spacial score (nSPS) is 24.8. The van der Waals surface area contributed by atoms with Gasteiger partial charge in [-0.05, 0) is 38.0 Å². The molecule has 1 saturated carbocycles. The molecule has 4 aliphatic rings. The number of ether oxygens (including phenoxy) is 1. The number of nitrogens with zero attached hydrogens (tertiary/aromatic N) is 4. The highest BCUT2D eigenvalue weighted by atomic mass is 19.4. The highest BCUT2D eigenvalue weighted by molar-refractivity contribution is 5.81. The molecule has 1 aliphatic carbocycles. The molecule has 1 N–H and O–H groups in total. The van der Waals surface area contributed by atoms with Crippen LogP contribution in [0.5, 0.6) is 0 Å². The lowest BCUT2D eigenvalue weighted by molar-refractivity contribution is -0.142. The van der Waals surface area contributed by atoms with Crippen LogP contribution in [0, 0.1) is 11.3 Å². The van der Waals surface area contributed by atoms with E-state index in [9.17, 15) is 22.8 Å². The van der Waals surface area contributed by atoms with Crippen molar-refractivity contribution < 1.29 is 27.5 Å². The summed E-state index contributed by atoms with van der Waals surface area (Å²) in [5, 5.41) is 2.94. The molecule has 5 rings (SSSR count). The number of carbonyl (C=O) groups is 2. The van der Waals surface area contributed by atoms with Gasteiger partial charge in [-0.25, -0.2) is 9.78 Å². The van der Waals surface area contributed by atoms with Gasteiger partial charge in [-0.15, -0.1) is 0 Å². The lowest BCUT2D eigenvalue weighted by Gasteiger charge is -2.58. The smallest absolute Gasteiger partial charge is 0.369 e. The molecule has 4 heterocycles. The van der Waals surface area contributed by atoms with Gasteiger partial charge >= 0.3 is 12.2 Å². The molecule has 11 heteroatoms. The van der Waals surface area contributed by atoms with Crippen molar-refractivity contribution in [2.24, 2.45) is 11.3 Å². The maximum atomic E-state index is 12.7. The van der Waals surface area contributed by atoms with Gasteiger partial charge in [0.05, 0.1) is 24.0 Å². The average molecular weight is 453 g/mol. The van der Waals surface area contributed by atoms with E-state index >= 15 is 0 Å². The van der Waals surface area contributed by atoms with E-state index in [0.29, 0.717) is 37.7 Å². The molecule has 8 nitrogen and oxygen atoms in total. The first-order chi connectivity index (χ1) is 15.2. The van der Waals surface area contributed by atoms with Gasteiger partial charge in [0.15, 0.2) is 5.69 Å². The quantitative estimate of drug-likeness (QED) is 0.739. The zero-order valence-corrected chi connectivity index (χ0v) is 17.7. The number of likely N-dealkylation sites (tertiary alicyclic amines) is 2. The number of hydrogen-bond donors (Lipinski definition) is 1. The van der Waals surface area contributed by atoms with E-state index in [1.54, 1.807) is 4.90 Å². The van der Waals surface area contributed by atoms with Crippen molar-refractivity contribution in [3.63, 3.8) is 0 Å². The van der Waals surface area contributed by atoms with Crippen LogP contribution in [0.3, 0.4) is 0 Å². The van der Waals surface area contributed by atoms with Crippen molar-refractivity contribution in [1.82, 2.24) is 25.1 Å². The first-order valence-electron chi connectivity index (χ1n) is 11.0. The molecule has 0 unspecified atom stereocenters. The van der Waals surface area contributed by atoms with Crippen LogP contribution in [0.15, 0.2) is 12.4 Å². The molecule has 1 aromatic rings. The number of aromatic nitrogens is 2. The second-order valence-corrected chi connectivity index (χ2v) is 9.85. The standard InChI is InChI=1S/C21H26F3N5O3/c22-21(23,24)16-7-25-15(6-26-16)5-14-1-3-19(4-2-14)9-28(10-19)18(31)29-11-20(12-29)13-32-8-17(30)27-20/h6-7,14H,1-5,8-13H2,(H,27,30). The van der Waals surface area contributed by atoms with Crippen LogP contribution in [0.25, 0.3) is 0 Å². The molecular formula is C21H26F3N5O3. The zero-order valence-electron chi connectivity index (χ0n) is 17.7. The van der Waals surface area contributed by atoms with Crippen molar-refractivity contribution in [3.8, 4) is 0 Å². The van der Waals surface area contributed by atoms with E-state index < -0.39 is 17.4 Å². The molecule has 0 atom stereocenters. The van der Waals surface area contributed by atoms with Crippen molar-refractivity contribution in [1.29, 1.82) is 0 Å². The average Bonchev–Trinajstić information content (AvgIpc) is 2.70. The fourth-order valence-electron chi connectivity index (χ4n) is 5.51. The summed E-state index contributed by atoms with van der Waals surface area (Å²) >= 11 is 0. The van der Waals surface area contributed by atoms with E-state index in [0.717, 1.165) is 45.0 Å². The van der Waals surface area contributed by atoms with Gasteiger partial charge in [-0.2, -0.15) is 13.2 Å². The summed E-state index contributed by atoms with van der Waals surface area (Å²) in [6.45, 7) is 2.97. The molecule has 4 fully saturated rings. The lowest BCUT2D eigenvalue weighted by Crippen LogP contribution is -2.77. The van der Waals surface area contributed by atoms with E-state index in [1.165, 1.54) is 6.20 Å². The third-order valence-electron chi connectivity index (χ3n) is 7.26. The molecule has 0 bridgehead atoms. The number of nitrogens with one attached hydrogen (secondary N) is 1. The summed E-state index contributed by atoms with van der Waals surface area (Å²) < 4.78 is 43.2. The van der Waals surface area contributed by atoms with Gasteiger partial charge in [0, 0.05) is 37.8 Å². The summed E-state index contributed by atoms with van der Waals surface area (Å²) in [5.74, 6) is 0.242. The third kappa shape index (κ3) is 4.02. The molecule has 3 saturated heterocycles. The minimum atomic E-state index is -4.47. The molecule has 32 heavy (non-hydrogen) atoms. The van der Waals surface area contributed by atoms with Crippen LogP contribution in [-0.4, -0.2) is 76.6 Å².